The Morgan fingerprint density at radius 3 is 2.60 bits per heavy atom. The lowest BCUT2D eigenvalue weighted by molar-refractivity contribution is 0.0980. The lowest BCUT2D eigenvalue weighted by Gasteiger charge is -2.01. The van der Waals surface area contributed by atoms with Crippen LogP contribution in [0, 0.1) is 11.3 Å². The third kappa shape index (κ3) is 3.43. The van der Waals surface area contributed by atoms with Gasteiger partial charge in [0.25, 0.3) is 0 Å². The fraction of sp³-hybridized carbons (Fsp3) is 0.333. The number of methoxy groups -OCH3 is 1. The molecule has 0 bridgehead atoms. The van der Waals surface area contributed by atoms with Crippen LogP contribution >= 0.6 is 0 Å². The van der Waals surface area contributed by atoms with E-state index < -0.39 is 0 Å². The Balaban J connectivity index is 2.55. The molecular formula is C12H13NO2. The highest BCUT2D eigenvalue weighted by atomic mass is 16.5. The predicted octanol–water partition coefficient (Wildman–Crippen LogP) is 2.57. The van der Waals surface area contributed by atoms with E-state index >= 15 is 0 Å². The molecule has 0 atom stereocenters. The van der Waals surface area contributed by atoms with Gasteiger partial charge in [-0.1, -0.05) is 0 Å². The second-order valence-corrected chi connectivity index (χ2v) is 3.16. The second kappa shape index (κ2) is 5.82. The number of rotatable bonds is 5. The van der Waals surface area contributed by atoms with Gasteiger partial charge in [-0.05, 0) is 30.7 Å². The maximum atomic E-state index is 11.6. The van der Waals surface area contributed by atoms with Crippen LogP contribution in [0.15, 0.2) is 24.3 Å². The molecule has 0 N–H and O–H groups in total. The first kappa shape index (κ1) is 11.3. The summed E-state index contributed by atoms with van der Waals surface area (Å²) in [4.78, 5) is 11.6. The molecule has 0 spiro atoms. The van der Waals surface area contributed by atoms with Gasteiger partial charge in [-0.25, -0.2) is 0 Å². The molecular weight excluding hydrogens is 190 g/mol. The molecule has 78 valence electrons. The standard InChI is InChI=1S/C12H13NO2/c1-15-11-7-5-10(6-8-11)12(14)4-2-3-9-13/h5-8H,2-4H2,1H3. The summed E-state index contributed by atoms with van der Waals surface area (Å²) in [6.07, 6.45) is 1.49. The van der Waals surface area contributed by atoms with Gasteiger partial charge in [-0.3, -0.25) is 4.79 Å². The SMILES string of the molecule is COc1ccc(C(=O)CCCC#N)cc1. The Morgan fingerprint density at radius 2 is 2.07 bits per heavy atom. The van der Waals surface area contributed by atoms with E-state index in [1.807, 2.05) is 6.07 Å². The number of carbonyl (C=O) groups excluding carboxylic acids is 1. The number of hydrogen-bond acceptors (Lipinski definition) is 3. The number of Topliss-reactive ketones (excluding diaryl/α,β-unsaturated/α-hetero) is 1. The minimum Gasteiger partial charge on any atom is -0.497 e. The molecule has 0 fully saturated rings. The van der Waals surface area contributed by atoms with Gasteiger partial charge in [0.05, 0.1) is 13.2 Å². The molecule has 1 rings (SSSR count). The first-order valence-corrected chi connectivity index (χ1v) is 4.82. The van der Waals surface area contributed by atoms with Crippen LogP contribution in [0.4, 0.5) is 0 Å². The average Bonchev–Trinajstić information content (AvgIpc) is 2.29. The first-order chi connectivity index (χ1) is 7.27. The monoisotopic (exact) mass is 203 g/mol. The lowest BCUT2D eigenvalue weighted by Crippen LogP contribution is -1.98. The van der Waals surface area contributed by atoms with Crippen LogP contribution in [0.5, 0.6) is 5.75 Å². The predicted molar refractivity (Wildman–Crippen MR) is 56.8 cm³/mol. The zero-order chi connectivity index (χ0) is 11.1. The minimum atomic E-state index is 0.0768. The van der Waals surface area contributed by atoms with Crippen molar-refractivity contribution in [2.24, 2.45) is 0 Å². The third-order valence-electron chi connectivity index (χ3n) is 2.10. The third-order valence-corrected chi connectivity index (χ3v) is 2.10. The molecule has 0 heterocycles. The second-order valence-electron chi connectivity index (χ2n) is 3.16. The van der Waals surface area contributed by atoms with Crippen molar-refractivity contribution in [3.05, 3.63) is 29.8 Å². The summed E-state index contributed by atoms with van der Waals surface area (Å²) in [5, 5.41) is 8.34. The normalized spacial score (nSPS) is 9.33. The maximum absolute atomic E-state index is 11.6. The topological polar surface area (TPSA) is 50.1 Å². The zero-order valence-electron chi connectivity index (χ0n) is 8.69. The van der Waals surface area contributed by atoms with E-state index in [1.165, 1.54) is 0 Å². The number of hydrogen-bond donors (Lipinski definition) is 0. The van der Waals surface area contributed by atoms with Crippen LogP contribution in [0.1, 0.15) is 29.6 Å². The number of nitriles is 1. The molecule has 0 aliphatic carbocycles. The fourth-order valence-corrected chi connectivity index (χ4v) is 1.25. The van der Waals surface area contributed by atoms with E-state index in [9.17, 15) is 4.79 Å². The molecule has 0 aromatic heterocycles. The summed E-state index contributed by atoms with van der Waals surface area (Å²) < 4.78 is 4.99. The maximum Gasteiger partial charge on any atom is 0.162 e. The molecule has 1 aromatic carbocycles. The molecule has 0 saturated carbocycles. The summed E-state index contributed by atoms with van der Waals surface area (Å²) in [7, 11) is 1.59. The fourth-order valence-electron chi connectivity index (χ4n) is 1.25. The molecule has 0 saturated heterocycles. The number of carbonyl (C=O) groups is 1. The first-order valence-electron chi connectivity index (χ1n) is 4.82. The Hall–Kier alpha value is -1.82. The molecule has 0 unspecified atom stereocenters. The number of unbranched alkanes of at least 4 members (excludes halogenated alkanes) is 1. The number of ketones is 1. The molecule has 0 amide bonds. The quantitative estimate of drug-likeness (QED) is 0.546. The van der Waals surface area contributed by atoms with E-state index in [-0.39, 0.29) is 5.78 Å². The van der Waals surface area contributed by atoms with E-state index in [0.717, 1.165) is 5.75 Å². The summed E-state index contributed by atoms with van der Waals surface area (Å²) in [5.74, 6) is 0.816. The molecule has 0 aliphatic heterocycles. The van der Waals surface area contributed by atoms with Gasteiger partial charge < -0.3 is 4.74 Å². The van der Waals surface area contributed by atoms with Gasteiger partial charge in [0.2, 0.25) is 0 Å². The average molecular weight is 203 g/mol. The van der Waals surface area contributed by atoms with Crippen molar-refractivity contribution in [1.82, 2.24) is 0 Å². The number of benzene rings is 1. The van der Waals surface area contributed by atoms with E-state index in [4.69, 9.17) is 10.00 Å². The summed E-state index contributed by atoms with van der Waals surface area (Å²) in [6, 6.07) is 9.03. The Labute approximate surface area is 89.3 Å². The van der Waals surface area contributed by atoms with Gasteiger partial charge in [0.15, 0.2) is 5.78 Å². The lowest BCUT2D eigenvalue weighted by atomic mass is 10.1. The highest BCUT2D eigenvalue weighted by molar-refractivity contribution is 5.96. The minimum absolute atomic E-state index is 0.0768. The number of ether oxygens (including phenoxy) is 1. The number of nitrogens with zero attached hydrogens (tertiary/aromatic N) is 1. The Bertz CT molecular complexity index is 362. The summed E-state index contributed by atoms with van der Waals surface area (Å²) in [6.45, 7) is 0. The van der Waals surface area contributed by atoms with Crippen molar-refractivity contribution in [3.8, 4) is 11.8 Å². The van der Waals surface area contributed by atoms with Crippen molar-refractivity contribution >= 4 is 5.78 Å². The van der Waals surface area contributed by atoms with Crippen molar-refractivity contribution < 1.29 is 9.53 Å². The largest absolute Gasteiger partial charge is 0.497 e. The van der Waals surface area contributed by atoms with Gasteiger partial charge in [-0.2, -0.15) is 5.26 Å². The Kier molecular flexibility index (Phi) is 4.36. The van der Waals surface area contributed by atoms with Gasteiger partial charge >= 0.3 is 0 Å². The van der Waals surface area contributed by atoms with Gasteiger partial charge in [0.1, 0.15) is 5.75 Å². The van der Waals surface area contributed by atoms with Crippen LogP contribution in [-0.2, 0) is 0 Å². The van der Waals surface area contributed by atoms with Gasteiger partial charge in [-0.15, -0.1) is 0 Å². The zero-order valence-corrected chi connectivity index (χ0v) is 8.69. The van der Waals surface area contributed by atoms with E-state index in [0.29, 0.717) is 24.8 Å². The van der Waals surface area contributed by atoms with Crippen LogP contribution in [0.3, 0.4) is 0 Å². The molecule has 1 aromatic rings. The van der Waals surface area contributed by atoms with Gasteiger partial charge in [0, 0.05) is 18.4 Å². The van der Waals surface area contributed by atoms with Crippen LogP contribution in [-0.4, -0.2) is 12.9 Å². The molecule has 0 aliphatic rings. The van der Waals surface area contributed by atoms with Crippen LogP contribution < -0.4 is 4.74 Å². The summed E-state index contributed by atoms with van der Waals surface area (Å²) in [5.41, 5.74) is 0.675. The van der Waals surface area contributed by atoms with Crippen molar-refractivity contribution in [2.75, 3.05) is 7.11 Å². The van der Waals surface area contributed by atoms with Crippen molar-refractivity contribution in [1.29, 1.82) is 5.26 Å². The van der Waals surface area contributed by atoms with E-state index in [2.05, 4.69) is 0 Å². The van der Waals surface area contributed by atoms with Crippen molar-refractivity contribution in [2.45, 2.75) is 19.3 Å². The van der Waals surface area contributed by atoms with Crippen LogP contribution in [0.2, 0.25) is 0 Å². The summed E-state index contributed by atoms with van der Waals surface area (Å²) >= 11 is 0. The van der Waals surface area contributed by atoms with Crippen LogP contribution in [0.25, 0.3) is 0 Å². The highest BCUT2D eigenvalue weighted by Crippen LogP contribution is 2.13. The Morgan fingerprint density at radius 1 is 1.40 bits per heavy atom. The molecule has 3 nitrogen and oxygen atoms in total. The molecule has 15 heavy (non-hydrogen) atoms. The highest BCUT2D eigenvalue weighted by Gasteiger charge is 2.04. The smallest absolute Gasteiger partial charge is 0.162 e. The van der Waals surface area contributed by atoms with Crippen molar-refractivity contribution in [3.63, 3.8) is 0 Å². The molecule has 3 heteroatoms. The molecule has 0 radical (unpaired) electrons. The van der Waals surface area contributed by atoms with E-state index in [1.54, 1.807) is 31.4 Å².